The van der Waals surface area contributed by atoms with E-state index in [9.17, 15) is 9.59 Å². The highest BCUT2D eigenvalue weighted by molar-refractivity contribution is 5.92. The zero-order valence-electron chi connectivity index (χ0n) is 17.7. The second kappa shape index (κ2) is 16.1. The van der Waals surface area contributed by atoms with Gasteiger partial charge in [-0.25, -0.2) is 4.79 Å². The number of carboxylic acid groups (broad SMARTS) is 1. The highest BCUT2D eigenvalue weighted by Crippen LogP contribution is 2.14. The number of rotatable bonds is 17. The summed E-state index contributed by atoms with van der Waals surface area (Å²) in [7, 11) is 0. The molecule has 0 bridgehead atoms. The molecule has 1 amide bonds. The number of amides is 1. The molecule has 28 heavy (non-hydrogen) atoms. The fourth-order valence-corrected chi connectivity index (χ4v) is 3.40. The van der Waals surface area contributed by atoms with E-state index < -0.39 is 5.97 Å². The van der Waals surface area contributed by atoms with Crippen LogP contribution in [0.3, 0.4) is 0 Å². The lowest BCUT2D eigenvalue weighted by atomic mass is 10.0. The van der Waals surface area contributed by atoms with Gasteiger partial charge in [0.2, 0.25) is 5.91 Å². The third-order valence-corrected chi connectivity index (χ3v) is 5.17. The van der Waals surface area contributed by atoms with E-state index in [1.165, 1.54) is 89.2 Å². The van der Waals surface area contributed by atoms with E-state index in [1.807, 2.05) is 0 Å². The first-order chi connectivity index (χ1) is 13.6. The molecular formula is C24H39NO3. The molecule has 4 nitrogen and oxygen atoms in total. The normalized spacial score (nSPS) is 10.8. The molecule has 0 heterocycles. The second-order valence-corrected chi connectivity index (χ2v) is 7.78. The topological polar surface area (TPSA) is 66.4 Å². The van der Waals surface area contributed by atoms with Crippen molar-refractivity contribution in [2.45, 2.75) is 103 Å². The van der Waals surface area contributed by atoms with Crippen LogP contribution in [0.5, 0.6) is 0 Å². The molecule has 4 heteroatoms. The molecular weight excluding hydrogens is 350 g/mol. The van der Waals surface area contributed by atoms with Crippen molar-refractivity contribution < 1.29 is 14.7 Å². The summed E-state index contributed by atoms with van der Waals surface area (Å²) in [6.45, 7) is 2.26. The number of anilines is 1. The monoisotopic (exact) mass is 389 g/mol. The number of benzene rings is 1. The summed E-state index contributed by atoms with van der Waals surface area (Å²) < 4.78 is 0. The molecule has 0 aliphatic heterocycles. The second-order valence-electron chi connectivity index (χ2n) is 7.78. The molecule has 0 aliphatic rings. The smallest absolute Gasteiger partial charge is 0.335 e. The van der Waals surface area contributed by atoms with E-state index in [-0.39, 0.29) is 11.5 Å². The zero-order chi connectivity index (χ0) is 20.5. The number of aromatic carboxylic acids is 1. The average Bonchev–Trinajstić information content (AvgIpc) is 2.68. The molecule has 1 rings (SSSR count). The van der Waals surface area contributed by atoms with Crippen LogP contribution in [0.2, 0.25) is 0 Å². The van der Waals surface area contributed by atoms with Gasteiger partial charge in [0, 0.05) is 12.1 Å². The number of nitrogens with one attached hydrogen (secondary N) is 1. The lowest BCUT2D eigenvalue weighted by Gasteiger charge is -2.06. The van der Waals surface area contributed by atoms with Crippen molar-refractivity contribution in [1.29, 1.82) is 0 Å². The third-order valence-electron chi connectivity index (χ3n) is 5.17. The van der Waals surface area contributed by atoms with Crippen molar-refractivity contribution >= 4 is 17.6 Å². The average molecular weight is 390 g/mol. The summed E-state index contributed by atoms with van der Waals surface area (Å²) in [6, 6.07) is 6.27. The quantitative estimate of drug-likeness (QED) is 0.277. The van der Waals surface area contributed by atoms with Crippen LogP contribution < -0.4 is 5.32 Å². The van der Waals surface area contributed by atoms with Crippen LogP contribution in [0.15, 0.2) is 24.3 Å². The van der Waals surface area contributed by atoms with E-state index in [0.717, 1.165) is 12.8 Å². The van der Waals surface area contributed by atoms with Gasteiger partial charge in [0.05, 0.1) is 5.56 Å². The van der Waals surface area contributed by atoms with Crippen molar-refractivity contribution in [1.82, 2.24) is 0 Å². The van der Waals surface area contributed by atoms with Gasteiger partial charge in [0.1, 0.15) is 0 Å². The number of carboxylic acids is 1. The van der Waals surface area contributed by atoms with Gasteiger partial charge in [-0.3, -0.25) is 4.79 Å². The lowest BCUT2D eigenvalue weighted by Crippen LogP contribution is -2.11. The van der Waals surface area contributed by atoms with E-state index in [4.69, 9.17) is 5.11 Å². The maximum Gasteiger partial charge on any atom is 0.335 e. The summed E-state index contributed by atoms with van der Waals surface area (Å²) in [5.41, 5.74) is 0.880. The van der Waals surface area contributed by atoms with Crippen molar-refractivity contribution in [3.05, 3.63) is 29.8 Å². The molecule has 1 aromatic carbocycles. The van der Waals surface area contributed by atoms with Gasteiger partial charge >= 0.3 is 5.97 Å². The number of hydrogen-bond acceptors (Lipinski definition) is 2. The van der Waals surface area contributed by atoms with Crippen molar-refractivity contribution in [3.8, 4) is 0 Å². The third kappa shape index (κ3) is 12.5. The molecule has 0 spiro atoms. The predicted molar refractivity (Wildman–Crippen MR) is 117 cm³/mol. The van der Waals surface area contributed by atoms with E-state index in [2.05, 4.69) is 12.2 Å². The van der Waals surface area contributed by atoms with Gasteiger partial charge in [-0.05, 0) is 30.7 Å². The SMILES string of the molecule is CCCCCCCCCCCCCCCCC(=O)Nc1ccc(C(=O)O)cc1. The Balaban J connectivity index is 1.90. The van der Waals surface area contributed by atoms with Crippen LogP contribution >= 0.6 is 0 Å². The Kier molecular flexibility index (Phi) is 14.0. The van der Waals surface area contributed by atoms with E-state index in [0.29, 0.717) is 12.1 Å². The fraction of sp³-hybridized carbons (Fsp3) is 0.667. The Labute approximate surface area is 171 Å². The van der Waals surface area contributed by atoms with Crippen LogP contribution in [0.4, 0.5) is 5.69 Å². The number of carbonyl (C=O) groups excluding carboxylic acids is 1. The molecule has 0 saturated heterocycles. The standard InChI is InChI=1S/C24H39NO3/c1-2-3-4-5-6-7-8-9-10-11-12-13-14-15-16-23(26)25-22-19-17-21(18-20-22)24(27)28/h17-20H,2-16H2,1H3,(H,25,26)(H,27,28). The molecule has 0 aliphatic carbocycles. The summed E-state index contributed by atoms with van der Waals surface area (Å²) in [5, 5.41) is 11.7. The van der Waals surface area contributed by atoms with Crippen LogP contribution in [0, 0.1) is 0 Å². The van der Waals surface area contributed by atoms with Crippen molar-refractivity contribution in [2.75, 3.05) is 5.32 Å². The number of unbranched alkanes of at least 4 members (excludes halogenated alkanes) is 13. The van der Waals surface area contributed by atoms with E-state index >= 15 is 0 Å². The van der Waals surface area contributed by atoms with Gasteiger partial charge in [-0.2, -0.15) is 0 Å². The van der Waals surface area contributed by atoms with Crippen LogP contribution in [-0.2, 0) is 4.79 Å². The maximum absolute atomic E-state index is 11.9. The highest BCUT2D eigenvalue weighted by atomic mass is 16.4. The van der Waals surface area contributed by atoms with Gasteiger partial charge < -0.3 is 10.4 Å². The van der Waals surface area contributed by atoms with Crippen LogP contribution in [0.1, 0.15) is 114 Å². The predicted octanol–water partition coefficient (Wildman–Crippen LogP) is 7.19. The van der Waals surface area contributed by atoms with Gasteiger partial charge in [-0.15, -0.1) is 0 Å². The largest absolute Gasteiger partial charge is 0.478 e. The maximum atomic E-state index is 11.9. The first-order valence-corrected chi connectivity index (χ1v) is 11.3. The first-order valence-electron chi connectivity index (χ1n) is 11.3. The summed E-state index contributed by atoms with van der Waals surface area (Å²) >= 11 is 0. The molecule has 0 saturated carbocycles. The molecule has 0 unspecified atom stereocenters. The minimum absolute atomic E-state index is 0.00186. The van der Waals surface area contributed by atoms with E-state index in [1.54, 1.807) is 12.1 Å². The molecule has 2 N–H and O–H groups in total. The minimum Gasteiger partial charge on any atom is -0.478 e. The summed E-state index contributed by atoms with van der Waals surface area (Å²) in [4.78, 5) is 22.7. The fourth-order valence-electron chi connectivity index (χ4n) is 3.40. The summed E-state index contributed by atoms with van der Waals surface area (Å²) in [6.07, 6.45) is 18.8. The zero-order valence-corrected chi connectivity index (χ0v) is 17.7. The molecule has 1 aromatic rings. The Bertz CT molecular complexity index is 539. The Morgan fingerprint density at radius 1 is 0.714 bits per heavy atom. The van der Waals surface area contributed by atoms with Crippen LogP contribution in [-0.4, -0.2) is 17.0 Å². The van der Waals surface area contributed by atoms with Crippen molar-refractivity contribution in [2.24, 2.45) is 0 Å². The Hall–Kier alpha value is -1.84. The number of hydrogen-bond donors (Lipinski definition) is 2. The first kappa shape index (κ1) is 24.2. The van der Waals surface area contributed by atoms with Gasteiger partial charge in [0.25, 0.3) is 0 Å². The van der Waals surface area contributed by atoms with Crippen molar-refractivity contribution in [3.63, 3.8) is 0 Å². The highest BCUT2D eigenvalue weighted by Gasteiger charge is 2.05. The molecule has 0 atom stereocenters. The molecule has 0 aromatic heterocycles. The van der Waals surface area contributed by atoms with Gasteiger partial charge in [-0.1, -0.05) is 90.4 Å². The minimum atomic E-state index is -0.958. The van der Waals surface area contributed by atoms with Gasteiger partial charge in [0.15, 0.2) is 0 Å². The number of carbonyl (C=O) groups is 2. The summed E-state index contributed by atoms with van der Waals surface area (Å²) in [5.74, 6) is -0.956. The lowest BCUT2D eigenvalue weighted by molar-refractivity contribution is -0.116. The Morgan fingerprint density at radius 2 is 1.14 bits per heavy atom. The molecule has 0 fully saturated rings. The Morgan fingerprint density at radius 3 is 1.57 bits per heavy atom. The van der Waals surface area contributed by atoms with Crippen LogP contribution in [0.25, 0.3) is 0 Å². The molecule has 158 valence electrons. The molecule has 0 radical (unpaired) electrons.